The molecule has 0 aliphatic heterocycles. The maximum atomic E-state index is 12.5. The molecule has 122 valence electrons. The summed E-state index contributed by atoms with van der Waals surface area (Å²) in [5.74, 6) is 0.387. The summed E-state index contributed by atoms with van der Waals surface area (Å²) >= 11 is 1.45. The average molecular weight is 330 g/mol. The van der Waals surface area contributed by atoms with Crippen LogP contribution in [0.5, 0.6) is 0 Å². The van der Waals surface area contributed by atoms with Crippen LogP contribution in [0.25, 0.3) is 11.3 Å². The number of hydrogen-bond donors (Lipinski definition) is 1. The molecule has 2 atom stereocenters. The van der Waals surface area contributed by atoms with Gasteiger partial charge in [0.25, 0.3) is 0 Å². The van der Waals surface area contributed by atoms with Crippen molar-refractivity contribution in [3.05, 3.63) is 29.4 Å². The van der Waals surface area contributed by atoms with E-state index >= 15 is 0 Å². The number of aryl methyl sites for hydroxylation is 1. The molecule has 1 fully saturated rings. The van der Waals surface area contributed by atoms with Crippen molar-refractivity contribution in [1.29, 1.82) is 0 Å². The Balaban J connectivity index is 1.70. The first-order valence-corrected chi connectivity index (χ1v) is 8.57. The molecule has 5 nitrogen and oxygen atoms in total. The van der Waals surface area contributed by atoms with Crippen molar-refractivity contribution in [3.8, 4) is 11.3 Å². The van der Waals surface area contributed by atoms with Crippen LogP contribution in [-0.4, -0.2) is 20.7 Å². The number of rotatable bonds is 4. The van der Waals surface area contributed by atoms with E-state index in [9.17, 15) is 4.79 Å². The van der Waals surface area contributed by atoms with Crippen LogP contribution in [0.3, 0.4) is 0 Å². The van der Waals surface area contributed by atoms with Gasteiger partial charge in [-0.25, -0.2) is 4.98 Å². The van der Waals surface area contributed by atoms with Gasteiger partial charge in [-0.05, 0) is 25.2 Å². The first kappa shape index (κ1) is 15.9. The predicted molar refractivity (Wildman–Crippen MR) is 93.1 cm³/mol. The maximum Gasteiger partial charge on any atom is 0.230 e. The van der Waals surface area contributed by atoms with Gasteiger partial charge in [0.1, 0.15) is 0 Å². The Morgan fingerprint density at radius 2 is 2.17 bits per heavy atom. The molecule has 6 heteroatoms. The molecule has 1 aliphatic carbocycles. The molecule has 2 aromatic rings. The van der Waals surface area contributed by atoms with E-state index in [-0.39, 0.29) is 17.2 Å². The van der Waals surface area contributed by atoms with E-state index in [4.69, 9.17) is 0 Å². The summed E-state index contributed by atoms with van der Waals surface area (Å²) in [5.41, 5.74) is 3.07. The van der Waals surface area contributed by atoms with E-state index in [0.717, 1.165) is 11.3 Å². The quantitative estimate of drug-likeness (QED) is 0.869. The SMILES string of the molecule is CC(C)=C[C@H]1[C@H](C(=O)Nc2nc(-c3cnn(C)c3)cs2)C1(C)C. The number of amides is 1. The summed E-state index contributed by atoms with van der Waals surface area (Å²) in [4.78, 5) is 17.0. The Kier molecular flexibility index (Phi) is 3.88. The van der Waals surface area contributed by atoms with Gasteiger partial charge in [0, 0.05) is 24.2 Å². The molecule has 1 saturated carbocycles. The van der Waals surface area contributed by atoms with Gasteiger partial charge in [0.2, 0.25) is 5.91 Å². The minimum Gasteiger partial charge on any atom is -0.302 e. The molecule has 0 spiro atoms. The van der Waals surface area contributed by atoms with Crippen molar-refractivity contribution in [3.63, 3.8) is 0 Å². The van der Waals surface area contributed by atoms with E-state index in [1.807, 2.05) is 18.6 Å². The molecule has 2 aromatic heterocycles. The number of nitrogens with one attached hydrogen (secondary N) is 1. The van der Waals surface area contributed by atoms with E-state index in [1.54, 1.807) is 10.9 Å². The van der Waals surface area contributed by atoms with E-state index in [1.165, 1.54) is 16.9 Å². The van der Waals surface area contributed by atoms with Crippen molar-refractivity contribution < 1.29 is 4.79 Å². The Labute approximate surface area is 140 Å². The number of aromatic nitrogens is 3. The molecule has 0 radical (unpaired) electrons. The molecule has 0 saturated heterocycles. The zero-order chi connectivity index (χ0) is 16.8. The van der Waals surface area contributed by atoms with Gasteiger partial charge in [0.15, 0.2) is 5.13 Å². The predicted octanol–water partition coefficient (Wildman–Crippen LogP) is 3.72. The van der Waals surface area contributed by atoms with Crippen LogP contribution in [0.15, 0.2) is 29.4 Å². The Morgan fingerprint density at radius 3 is 2.78 bits per heavy atom. The molecule has 0 bridgehead atoms. The lowest BCUT2D eigenvalue weighted by atomic mass is 10.1. The Morgan fingerprint density at radius 1 is 1.43 bits per heavy atom. The lowest BCUT2D eigenvalue weighted by Crippen LogP contribution is -2.16. The van der Waals surface area contributed by atoms with Crippen molar-refractivity contribution in [2.45, 2.75) is 27.7 Å². The first-order valence-electron chi connectivity index (χ1n) is 7.69. The first-order chi connectivity index (χ1) is 10.8. The van der Waals surface area contributed by atoms with Gasteiger partial charge in [-0.2, -0.15) is 5.10 Å². The maximum absolute atomic E-state index is 12.5. The number of nitrogens with zero attached hydrogens (tertiary/aromatic N) is 3. The topological polar surface area (TPSA) is 59.8 Å². The fourth-order valence-electron chi connectivity index (χ4n) is 3.05. The summed E-state index contributed by atoms with van der Waals surface area (Å²) in [5, 5.41) is 9.71. The number of carbonyl (C=O) groups is 1. The van der Waals surface area contributed by atoms with Gasteiger partial charge < -0.3 is 5.32 Å². The van der Waals surface area contributed by atoms with Crippen molar-refractivity contribution in [1.82, 2.24) is 14.8 Å². The largest absolute Gasteiger partial charge is 0.302 e. The molecule has 0 aromatic carbocycles. The molecule has 0 unspecified atom stereocenters. The number of carbonyl (C=O) groups excluding carboxylic acids is 1. The fraction of sp³-hybridized carbons (Fsp3) is 0.471. The van der Waals surface area contributed by atoms with Crippen molar-refractivity contribution >= 4 is 22.4 Å². The fourth-order valence-corrected chi connectivity index (χ4v) is 3.77. The standard InChI is InChI=1S/C17H22N4OS/c1-10(2)6-12-14(17(12,3)4)15(22)20-16-19-13(9-23-16)11-7-18-21(5)8-11/h6-9,12,14H,1-5H3,(H,19,20,22)/t12-,14+/m0/s1. The van der Waals surface area contributed by atoms with Crippen LogP contribution < -0.4 is 5.32 Å². The minimum atomic E-state index is 0.0168. The third-order valence-corrected chi connectivity index (χ3v) is 5.20. The Bertz CT molecular complexity index is 767. The average Bonchev–Trinajstić information content (AvgIpc) is 2.87. The molecule has 3 rings (SSSR count). The summed E-state index contributed by atoms with van der Waals surface area (Å²) < 4.78 is 1.74. The summed E-state index contributed by atoms with van der Waals surface area (Å²) in [6.07, 6.45) is 5.89. The van der Waals surface area contributed by atoms with Gasteiger partial charge >= 0.3 is 0 Å². The normalized spacial score (nSPS) is 21.8. The minimum absolute atomic E-state index is 0.0168. The molecule has 1 amide bonds. The monoisotopic (exact) mass is 330 g/mol. The summed E-state index contributed by atoms with van der Waals surface area (Å²) in [7, 11) is 1.87. The molecule has 1 N–H and O–H groups in total. The highest BCUT2D eigenvalue weighted by molar-refractivity contribution is 7.14. The number of hydrogen-bond acceptors (Lipinski definition) is 4. The Hall–Kier alpha value is -1.95. The third-order valence-electron chi connectivity index (χ3n) is 4.44. The van der Waals surface area contributed by atoms with Crippen LogP contribution >= 0.6 is 11.3 Å². The lowest BCUT2D eigenvalue weighted by Gasteiger charge is -2.02. The summed E-state index contributed by atoms with van der Waals surface area (Å²) in [6, 6.07) is 0. The second-order valence-corrected chi connectivity index (χ2v) is 7.86. The van der Waals surface area contributed by atoms with Crippen LogP contribution in [-0.2, 0) is 11.8 Å². The van der Waals surface area contributed by atoms with Crippen LogP contribution in [0.4, 0.5) is 5.13 Å². The van der Waals surface area contributed by atoms with Gasteiger partial charge in [0.05, 0.1) is 17.8 Å². The molecular formula is C17H22N4OS. The van der Waals surface area contributed by atoms with Crippen LogP contribution in [0.2, 0.25) is 0 Å². The summed E-state index contributed by atoms with van der Waals surface area (Å²) in [6.45, 7) is 8.43. The second kappa shape index (κ2) is 5.60. The van der Waals surface area contributed by atoms with E-state index in [0.29, 0.717) is 11.0 Å². The van der Waals surface area contributed by atoms with E-state index in [2.05, 4.69) is 49.2 Å². The number of allylic oxidation sites excluding steroid dienone is 2. The number of anilines is 1. The zero-order valence-electron chi connectivity index (χ0n) is 14.1. The smallest absolute Gasteiger partial charge is 0.230 e. The zero-order valence-corrected chi connectivity index (χ0v) is 14.9. The van der Waals surface area contributed by atoms with Gasteiger partial charge in [-0.15, -0.1) is 11.3 Å². The van der Waals surface area contributed by atoms with Crippen molar-refractivity contribution in [2.75, 3.05) is 5.32 Å². The molecule has 2 heterocycles. The van der Waals surface area contributed by atoms with Crippen LogP contribution in [0.1, 0.15) is 27.7 Å². The molecule has 23 heavy (non-hydrogen) atoms. The lowest BCUT2D eigenvalue weighted by molar-refractivity contribution is -0.118. The highest BCUT2D eigenvalue weighted by Gasteiger charge is 2.60. The number of thiazole rings is 1. The second-order valence-electron chi connectivity index (χ2n) is 7.00. The third kappa shape index (κ3) is 3.08. The molecular weight excluding hydrogens is 308 g/mol. The van der Waals surface area contributed by atoms with E-state index < -0.39 is 0 Å². The highest BCUT2D eigenvalue weighted by atomic mass is 32.1. The van der Waals surface area contributed by atoms with Gasteiger partial charge in [-0.1, -0.05) is 25.5 Å². The van der Waals surface area contributed by atoms with Crippen LogP contribution in [0, 0.1) is 17.3 Å². The highest BCUT2D eigenvalue weighted by Crippen LogP contribution is 2.59. The van der Waals surface area contributed by atoms with Crippen molar-refractivity contribution in [2.24, 2.45) is 24.3 Å². The van der Waals surface area contributed by atoms with Gasteiger partial charge in [-0.3, -0.25) is 9.48 Å². The molecule has 1 aliphatic rings.